The van der Waals surface area contributed by atoms with E-state index in [0.717, 1.165) is 19.4 Å². The van der Waals surface area contributed by atoms with E-state index in [4.69, 9.17) is 9.47 Å². The topological polar surface area (TPSA) is 35.5 Å². The molecule has 3 heteroatoms. The van der Waals surface area contributed by atoms with Crippen LogP contribution in [0.5, 0.6) is 0 Å². The fraction of sp³-hybridized carbons (Fsp3) is 0.750. The Morgan fingerprint density at radius 2 is 2.33 bits per heavy atom. The van der Waals surface area contributed by atoms with Gasteiger partial charge in [-0.05, 0) is 32.6 Å². The van der Waals surface area contributed by atoms with Gasteiger partial charge in [-0.2, -0.15) is 0 Å². The number of carbonyl (C=O) groups is 1. The van der Waals surface area contributed by atoms with Gasteiger partial charge in [0.15, 0.2) is 0 Å². The summed E-state index contributed by atoms with van der Waals surface area (Å²) in [4.78, 5) is 11.2. The van der Waals surface area contributed by atoms with E-state index in [9.17, 15) is 4.79 Å². The third-order valence-electron chi connectivity index (χ3n) is 2.74. The van der Waals surface area contributed by atoms with Gasteiger partial charge in [-0.25, -0.2) is 4.79 Å². The molecule has 0 N–H and O–H groups in total. The number of ether oxygens (including phenoxy) is 2. The van der Waals surface area contributed by atoms with E-state index in [-0.39, 0.29) is 11.6 Å². The fourth-order valence-corrected chi connectivity index (χ4v) is 1.51. The molecule has 1 fully saturated rings. The molecule has 0 bridgehead atoms. The smallest absolute Gasteiger partial charge is 0.333 e. The van der Waals surface area contributed by atoms with Crippen molar-refractivity contribution in [1.82, 2.24) is 0 Å². The lowest BCUT2D eigenvalue weighted by atomic mass is 9.92. The highest BCUT2D eigenvalue weighted by Crippen LogP contribution is 2.27. The highest BCUT2D eigenvalue weighted by molar-refractivity contribution is 5.86. The minimum Gasteiger partial charge on any atom is -0.459 e. The summed E-state index contributed by atoms with van der Waals surface area (Å²) in [5.41, 5.74) is 0.125. The molecule has 2 atom stereocenters. The predicted molar refractivity (Wildman–Crippen MR) is 58.5 cm³/mol. The molecular weight excluding hydrogens is 192 g/mol. The van der Waals surface area contributed by atoms with Gasteiger partial charge in [-0.15, -0.1) is 0 Å². The minimum atomic E-state index is -0.335. The molecule has 0 aliphatic carbocycles. The van der Waals surface area contributed by atoms with E-state index >= 15 is 0 Å². The summed E-state index contributed by atoms with van der Waals surface area (Å²) in [6.07, 6.45) is 2.07. The maximum atomic E-state index is 11.2. The molecule has 1 aliphatic heterocycles. The van der Waals surface area contributed by atoms with Crippen molar-refractivity contribution >= 4 is 5.97 Å². The maximum absolute atomic E-state index is 11.2. The Bertz CT molecular complexity index is 250. The summed E-state index contributed by atoms with van der Waals surface area (Å²) in [5, 5.41) is 0. The first-order valence-corrected chi connectivity index (χ1v) is 5.39. The molecule has 0 radical (unpaired) electrons. The molecule has 2 unspecified atom stereocenters. The van der Waals surface area contributed by atoms with Crippen LogP contribution in [0.25, 0.3) is 0 Å². The van der Waals surface area contributed by atoms with E-state index in [0.29, 0.717) is 18.1 Å². The molecule has 1 saturated heterocycles. The van der Waals surface area contributed by atoms with Crippen molar-refractivity contribution in [2.24, 2.45) is 5.92 Å². The van der Waals surface area contributed by atoms with Gasteiger partial charge in [0.05, 0.1) is 12.2 Å². The van der Waals surface area contributed by atoms with E-state index in [1.165, 1.54) is 0 Å². The van der Waals surface area contributed by atoms with Gasteiger partial charge >= 0.3 is 5.97 Å². The van der Waals surface area contributed by atoms with Crippen LogP contribution in [0, 0.1) is 5.92 Å². The fourth-order valence-electron chi connectivity index (χ4n) is 1.51. The summed E-state index contributed by atoms with van der Waals surface area (Å²) in [5.74, 6) is 0.272. The van der Waals surface area contributed by atoms with Crippen LogP contribution in [0.3, 0.4) is 0 Å². The van der Waals surface area contributed by atoms with Crippen LogP contribution in [0.4, 0.5) is 0 Å². The predicted octanol–water partition coefficient (Wildman–Crippen LogP) is 2.31. The van der Waals surface area contributed by atoms with Crippen LogP contribution < -0.4 is 0 Å². The monoisotopic (exact) mass is 212 g/mol. The van der Waals surface area contributed by atoms with Crippen molar-refractivity contribution in [1.29, 1.82) is 0 Å². The van der Waals surface area contributed by atoms with Crippen molar-refractivity contribution in [3.63, 3.8) is 0 Å². The lowest BCUT2D eigenvalue weighted by Gasteiger charge is -2.35. The number of esters is 1. The second-order valence-corrected chi connectivity index (χ2v) is 4.76. The van der Waals surface area contributed by atoms with Crippen molar-refractivity contribution < 1.29 is 14.3 Å². The first-order chi connectivity index (χ1) is 6.93. The molecule has 1 aliphatic rings. The molecule has 0 amide bonds. The Morgan fingerprint density at radius 1 is 1.67 bits per heavy atom. The molecule has 86 valence electrons. The number of carbonyl (C=O) groups excluding carboxylic acids is 1. The largest absolute Gasteiger partial charge is 0.459 e. The van der Waals surface area contributed by atoms with Gasteiger partial charge in [0, 0.05) is 5.57 Å². The Balaban J connectivity index is 2.37. The van der Waals surface area contributed by atoms with Gasteiger partial charge in [-0.3, -0.25) is 0 Å². The number of hydrogen-bond donors (Lipinski definition) is 0. The third kappa shape index (κ3) is 3.67. The van der Waals surface area contributed by atoms with Crippen LogP contribution in [-0.4, -0.2) is 24.8 Å². The van der Waals surface area contributed by atoms with E-state index in [1.54, 1.807) is 6.92 Å². The highest BCUT2D eigenvalue weighted by atomic mass is 16.6. The van der Waals surface area contributed by atoms with Gasteiger partial charge in [-0.1, -0.05) is 13.5 Å². The Labute approximate surface area is 91.4 Å². The molecule has 0 aromatic rings. The zero-order chi connectivity index (χ0) is 11.5. The van der Waals surface area contributed by atoms with E-state index in [2.05, 4.69) is 13.5 Å². The Morgan fingerprint density at radius 3 is 2.80 bits per heavy atom. The zero-order valence-corrected chi connectivity index (χ0v) is 9.84. The zero-order valence-electron chi connectivity index (χ0n) is 9.84. The van der Waals surface area contributed by atoms with Crippen LogP contribution in [0.15, 0.2) is 12.2 Å². The normalized spacial score (nSPS) is 31.0. The van der Waals surface area contributed by atoms with Crippen LogP contribution in [0.2, 0.25) is 0 Å². The Hall–Kier alpha value is -0.830. The van der Waals surface area contributed by atoms with Crippen molar-refractivity contribution in [2.75, 3.05) is 13.2 Å². The summed E-state index contributed by atoms with van der Waals surface area (Å²) in [7, 11) is 0. The standard InChI is InChI=1S/C12H20O3/c1-9(2)11(13)14-8-12(4)6-5-10(3)7-15-12/h10H,1,5-8H2,2-4H3. The molecule has 0 saturated carbocycles. The van der Waals surface area contributed by atoms with Gasteiger partial charge < -0.3 is 9.47 Å². The summed E-state index contributed by atoms with van der Waals surface area (Å²) >= 11 is 0. The lowest BCUT2D eigenvalue weighted by molar-refractivity contribution is -0.157. The van der Waals surface area contributed by atoms with Gasteiger partial charge in [0.1, 0.15) is 6.61 Å². The van der Waals surface area contributed by atoms with Crippen molar-refractivity contribution in [3.8, 4) is 0 Å². The van der Waals surface area contributed by atoms with Crippen molar-refractivity contribution in [2.45, 2.75) is 39.2 Å². The second kappa shape index (κ2) is 4.79. The number of hydrogen-bond acceptors (Lipinski definition) is 3. The maximum Gasteiger partial charge on any atom is 0.333 e. The summed E-state index contributed by atoms with van der Waals surface area (Å²) in [6.45, 7) is 10.4. The van der Waals surface area contributed by atoms with E-state index < -0.39 is 0 Å². The molecular formula is C12H20O3. The summed E-state index contributed by atoms with van der Waals surface area (Å²) in [6, 6.07) is 0. The number of rotatable bonds is 3. The SMILES string of the molecule is C=C(C)C(=O)OCC1(C)CCC(C)CO1. The Kier molecular flexibility index (Phi) is 3.91. The lowest BCUT2D eigenvalue weighted by Crippen LogP contribution is -2.40. The molecule has 0 spiro atoms. The van der Waals surface area contributed by atoms with Gasteiger partial charge in [0.25, 0.3) is 0 Å². The van der Waals surface area contributed by atoms with Crippen molar-refractivity contribution in [3.05, 3.63) is 12.2 Å². The summed E-state index contributed by atoms with van der Waals surface area (Å²) < 4.78 is 10.8. The first kappa shape index (κ1) is 12.2. The first-order valence-electron chi connectivity index (χ1n) is 5.39. The average molecular weight is 212 g/mol. The molecule has 1 rings (SSSR count). The van der Waals surface area contributed by atoms with Crippen LogP contribution >= 0.6 is 0 Å². The third-order valence-corrected chi connectivity index (χ3v) is 2.74. The van der Waals surface area contributed by atoms with Crippen LogP contribution in [0.1, 0.15) is 33.6 Å². The molecule has 0 aromatic heterocycles. The minimum absolute atomic E-state index is 0.308. The van der Waals surface area contributed by atoms with Gasteiger partial charge in [0.2, 0.25) is 0 Å². The molecule has 15 heavy (non-hydrogen) atoms. The molecule has 1 heterocycles. The molecule has 3 nitrogen and oxygen atoms in total. The quantitative estimate of drug-likeness (QED) is 0.532. The molecule has 0 aromatic carbocycles. The van der Waals surface area contributed by atoms with Crippen LogP contribution in [-0.2, 0) is 14.3 Å². The van der Waals surface area contributed by atoms with E-state index in [1.807, 2.05) is 6.92 Å². The highest BCUT2D eigenvalue weighted by Gasteiger charge is 2.31. The second-order valence-electron chi connectivity index (χ2n) is 4.76. The average Bonchev–Trinajstić information content (AvgIpc) is 2.19.